The highest BCUT2D eigenvalue weighted by Gasteiger charge is 2.35. The fraction of sp³-hybridized carbons (Fsp3) is 1.00. The van der Waals surface area contributed by atoms with Gasteiger partial charge in [-0.15, -0.1) is 0 Å². The van der Waals surface area contributed by atoms with E-state index in [1.165, 1.54) is 19.3 Å². The SMILES string of the molecule is CCC(CC)(CN)NC1CCC(C)(C)C1. The molecule has 2 nitrogen and oxygen atoms in total. The molecule has 1 aliphatic rings. The van der Waals surface area contributed by atoms with E-state index in [-0.39, 0.29) is 5.54 Å². The molecule has 1 atom stereocenters. The van der Waals surface area contributed by atoms with Gasteiger partial charge < -0.3 is 11.1 Å². The third-order valence-electron chi connectivity index (χ3n) is 4.22. The Balaban J connectivity index is 2.53. The van der Waals surface area contributed by atoms with Crippen LogP contribution in [-0.2, 0) is 0 Å². The average Bonchev–Trinajstić information content (AvgIpc) is 2.55. The van der Waals surface area contributed by atoms with Crippen LogP contribution in [0.4, 0.5) is 0 Å². The van der Waals surface area contributed by atoms with Gasteiger partial charge in [0.1, 0.15) is 0 Å². The number of rotatable bonds is 5. The van der Waals surface area contributed by atoms with Gasteiger partial charge in [0.2, 0.25) is 0 Å². The van der Waals surface area contributed by atoms with E-state index in [0.29, 0.717) is 11.5 Å². The molecular weight excluding hydrogens is 184 g/mol. The summed E-state index contributed by atoms with van der Waals surface area (Å²) in [6, 6.07) is 0.684. The van der Waals surface area contributed by atoms with Crippen molar-refractivity contribution in [3.63, 3.8) is 0 Å². The summed E-state index contributed by atoms with van der Waals surface area (Å²) in [4.78, 5) is 0. The number of nitrogens with one attached hydrogen (secondary N) is 1. The van der Waals surface area contributed by atoms with Crippen LogP contribution in [0.1, 0.15) is 59.8 Å². The maximum Gasteiger partial charge on any atom is 0.0301 e. The molecule has 0 heterocycles. The van der Waals surface area contributed by atoms with E-state index in [4.69, 9.17) is 5.73 Å². The largest absolute Gasteiger partial charge is 0.329 e. The lowest BCUT2D eigenvalue weighted by Gasteiger charge is -2.35. The van der Waals surface area contributed by atoms with E-state index in [1.807, 2.05) is 0 Å². The Morgan fingerprint density at radius 2 is 1.93 bits per heavy atom. The fourth-order valence-electron chi connectivity index (χ4n) is 2.79. The summed E-state index contributed by atoms with van der Waals surface area (Å²) in [5.74, 6) is 0. The van der Waals surface area contributed by atoms with Crippen molar-refractivity contribution in [2.24, 2.45) is 11.1 Å². The smallest absolute Gasteiger partial charge is 0.0301 e. The third kappa shape index (κ3) is 3.18. The predicted molar refractivity (Wildman–Crippen MR) is 66.9 cm³/mol. The zero-order valence-electron chi connectivity index (χ0n) is 10.9. The molecule has 0 radical (unpaired) electrons. The molecule has 3 N–H and O–H groups in total. The second-order valence-corrected chi connectivity index (χ2v) is 5.94. The molecule has 0 aromatic rings. The Morgan fingerprint density at radius 1 is 1.33 bits per heavy atom. The molecule has 0 aromatic heterocycles. The Morgan fingerprint density at radius 3 is 2.27 bits per heavy atom. The van der Waals surface area contributed by atoms with Crippen molar-refractivity contribution in [1.82, 2.24) is 5.32 Å². The first-order chi connectivity index (χ1) is 6.97. The Hall–Kier alpha value is -0.0800. The molecule has 90 valence electrons. The lowest BCUT2D eigenvalue weighted by molar-refractivity contribution is 0.260. The maximum atomic E-state index is 5.91. The Kier molecular flexibility index (Phi) is 4.19. The summed E-state index contributed by atoms with van der Waals surface area (Å²) in [7, 11) is 0. The molecule has 0 aromatic carbocycles. The van der Waals surface area contributed by atoms with Crippen LogP contribution in [0.2, 0.25) is 0 Å². The van der Waals surface area contributed by atoms with Gasteiger partial charge >= 0.3 is 0 Å². The second-order valence-electron chi connectivity index (χ2n) is 5.94. The molecule has 2 heteroatoms. The maximum absolute atomic E-state index is 5.91. The zero-order chi connectivity index (χ0) is 11.5. The van der Waals surface area contributed by atoms with Crippen LogP contribution in [-0.4, -0.2) is 18.1 Å². The molecule has 15 heavy (non-hydrogen) atoms. The van der Waals surface area contributed by atoms with Gasteiger partial charge in [0.15, 0.2) is 0 Å². The molecule has 1 fully saturated rings. The molecular formula is C13H28N2. The zero-order valence-corrected chi connectivity index (χ0v) is 10.9. The molecule has 0 amide bonds. The number of nitrogens with two attached hydrogens (primary N) is 1. The first kappa shape index (κ1) is 13.0. The van der Waals surface area contributed by atoms with E-state index in [1.54, 1.807) is 0 Å². The van der Waals surface area contributed by atoms with E-state index < -0.39 is 0 Å². The quantitative estimate of drug-likeness (QED) is 0.735. The van der Waals surface area contributed by atoms with Crippen molar-refractivity contribution in [2.75, 3.05) is 6.54 Å². The van der Waals surface area contributed by atoms with Crippen molar-refractivity contribution in [2.45, 2.75) is 71.4 Å². The minimum Gasteiger partial charge on any atom is -0.329 e. The van der Waals surface area contributed by atoms with Crippen LogP contribution >= 0.6 is 0 Å². The summed E-state index contributed by atoms with van der Waals surface area (Å²) in [6.07, 6.45) is 6.23. The van der Waals surface area contributed by atoms with E-state index in [9.17, 15) is 0 Å². The topological polar surface area (TPSA) is 38.0 Å². The minimum atomic E-state index is 0.186. The van der Waals surface area contributed by atoms with Gasteiger partial charge in [-0.05, 0) is 37.5 Å². The second kappa shape index (κ2) is 4.84. The van der Waals surface area contributed by atoms with Crippen LogP contribution in [0.3, 0.4) is 0 Å². The van der Waals surface area contributed by atoms with Crippen LogP contribution in [0.25, 0.3) is 0 Å². The van der Waals surface area contributed by atoms with Crippen LogP contribution in [0.15, 0.2) is 0 Å². The van der Waals surface area contributed by atoms with Crippen LogP contribution < -0.4 is 11.1 Å². The van der Waals surface area contributed by atoms with E-state index in [2.05, 4.69) is 33.0 Å². The molecule has 0 aliphatic heterocycles. The number of hydrogen-bond acceptors (Lipinski definition) is 2. The minimum absolute atomic E-state index is 0.186. The van der Waals surface area contributed by atoms with Gasteiger partial charge in [0.25, 0.3) is 0 Å². The Bertz CT molecular complexity index is 186. The van der Waals surface area contributed by atoms with Gasteiger partial charge in [0, 0.05) is 18.1 Å². The molecule has 1 aliphatic carbocycles. The average molecular weight is 212 g/mol. The van der Waals surface area contributed by atoms with Gasteiger partial charge in [-0.3, -0.25) is 0 Å². The Labute approximate surface area is 95.0 Å². The molecule has 1 unspecified atom stereocenters. The first-order valence-electron chi connectivity index (χ1n) is 6.45. The summed E-state index contributed by atoms with van der Waals surface area (Å²) >= 11 is 0. The highest BCUT2D eigenvalue weighted by molar-refractivity contribution is 4.94. The summed E-state index contributed by atoms with van der Waals surface area (Å²) in [6.45, 7) is 9.98. The number of hydrogen-bond donors (Lipinski definition) is 2. The summed E-state index contributed by atoms with van der Waals surface area (Å²) in [5.41, 5.74) is 6.62. The van der Waals surface area contributed by atoms with Crippen LogP contribution in [0.5, 0.6) is 0 Å². The molecule has 0 spiro atoms. The standard InChI is InChI=1S/C13H28N2/c1-5-13(6-2,10-14)15-11-7-8-12(3,4)9-11/h11,15H,5-10,14H2,1-4H3. The molecule has 1 rings (SSSR count). The predicted octanol–water partition coefficient (Wildman–Crippen LogP) is 2.67. The third-order valence-corrected chi connectivity index (χ3v) is 4.22. The van der Waals surface area contributed by atoms with Crippen molar-refractivity contribution < 1.29 is 0 Å². The summed E-state index contributed by atoms with van der Waals surface area (Å²) in [5, 5.41) is 3.81. The first-order valence-corrected chi connectivity index (χ1v) is 6.45. The van der Waals surface area contributed by atoms with Gasteiger partial charge in [0.05, 0.1) is 0 Å². The van der Waals surface area contributed by atoms with Gasteiger partial charge in [-0.25, -0.2) is 0 Å². The van der Waals surface area contributed by atoms with Crippen molar-refractivity contribution >= 4 is 0 Å². The lowest BCUT2D eigenvalue weighted by atomic mass is 9.89. The normalized spacial score (nSPS) is 25.8. The highest BCUT2D eigenvalue weighted by Crippen LogP contribution is 2.38. The summed E-state index contributed by atoms with van der Waals surface area (Å²) < 4.78 is 0. The van der Waals surface area contributed by atoms with Crippen LogP contribution in [0, 0.1) is 5.41 Å². The van der Waals surface area contributed by atoms with Crippen molar-refractivity contribution in [1.29, 1.82) is 0 Å². The van der Waals surface area contributed by atoms with Gasteiger partial charge in [-0.2, -0.15) is 0 Å². The van der Waals surface area contributed by atoms with E-state index in [0.717, 1.165) is 19.4 Å². The van der Waals surface area contributed by atoms with Crippen molar-refractivity contribution in [3.05, 3.63) is 0 Å². The fourth-order valence-corrected chi connectivity index (χ4v) is 2.79. The molecule has 0 bridgehead atoms. The monoisotopic (exact) mass is 212 g/mol. The lowest BCUT2D eigenvalue weighted by Crippen LogP contribution is -2.54. The molecule has 0 saturated heterocycles. The van der Waals surface area contributed by atoms with Crippen molar-refractivity contribution in [3.8, 4) is 0 Å². The van der Waals surface area contributed by atoms with Gasteiger partial charge in [-0.1, -0.05) is 27.7 Å². The van der Waals surface area contributed by atoms with E-state index >= 15 is 0 Å². The highest BCUT2D eigenvalue weighted by atomic mass is 15.0. The molecule has 1 saturated carbocycles.